The summed E-state index contributed by atoms with van der Waals surface area (Å²) in [6, 6.07) is 43.7. The fraction of sp³-hybridized carbons (Fsp3) is 0. The van der Waals surface area contributed by atoms with E-state index in [4.69, 9.17) is 11.6 Å². The van der Waals surface area contributed by atoms with Gasteiger partial charge in [0.05, 0.1) is 5.69 Å². The Morgan fingerprint density at radius 2 is 1.13 bits per heavy atom. The normalized spacial score (nSPS) is 11.8. The summed E-state index contributed by atoms with van der Waals surface area (Å²) < 4.78 is 5.07. The van der Waals surface area contributed by atoms with Gasteiger partial charge in [-0.15, -0.1) is 22.7 Å². The summed E-state index contributed by atoms with van der Waals surface area (Å²) in [6.07, 6.45) is 0. The Balaban J connectivity index is 1.42. The summed E-state index contributed by atoms with van der Waals surface area (Å²) in [5.74, 6) is 0. The fourth-order valence-corrected chi connectivity index (χ4v) is 8.18. The SMILES string of the molecule is Clc1cccc2sc3ccc(N(c4ccc5c(c4)sc4ccccc45)c4cccc5ccccc45)cc3c12. The van der Waals surface area contributed by atoms with Crippen molar-refractivity contribution in [3.63, 3.8) is 0 Å². The van der Waals surface area contributed by atoms with Crippen molar-refractivity contribution in [2.75, 3.05) is 4.90 Å². The van der Waals surface area contributed by atoms with Gasteiger partial charge in [-0.3, -0.25) is 0 Å². The molecule has 180 valence electrons. The lowest BCUT2D eigenvalue weighted by Crippen LogP contribution is -2.10. The molecule has 0 atom stereocenters. The number of halogens is 1. The number of benzene rings is 6. The van der Waals surface area contributed by atoms with Crippen LogP contribution in [0.4, 0.5) is 17.1 Å². The molecule has 0 fully saturated rings. The molecule has 38 heavy (non-hydrogen) atoms. The number of hydrogen-bond acceptors (Lipinski definition) is 3. The molecule has 0 saturated carbocycles. The average molecular weight is 542 g/mol. The van der Waals surface area contributed by atoms with Gasteiger partial charge in [-0.05, 0) is 60.0 Å². The molecular weight excluding hydrogens is 522 g/mol. The summed E-state index contributed by atoms with van der Waals surface area (Å²) in [7, 11) is 0. The maximum Gasteiger partial charge on any atom is 0.0540 e. The third-order valence-corrected chi connectivity index (χ3v) is 9.90. The molecule has 8 aromatic rings. The predicted molar refractivity (Wildman–Crippen MR) is 169 cm³/mol. The van der Waals surface area contributed by atoms with Crippen molar-refractivity contribution >= 4 is 102 Å². The third-order valence-electron chi connectivity index (χ3n) is 7.31. The first-order chi connectivity index (χ1) is 18.7. The Morgan fingerprint density at radius 3 is 2.08 bits per heavy atom. The summed E-state index contributed by atoms with van der Waals surface area (Å²) >= 11 is 10.4. The number of nitrogens with zero attached hydrogens (tertiary/aromatic N) is 1. The van der Waals surface area contributed by atoms with Crippen molar-refractivity contribution < 1.29 is 0 Å². The number of anilines is 3. The fourth-order valence-electron chi connectivity index (χ4n) is 5.59. The molecule has 2 heterocycles. The molecule has 0 bridgehead atoms. The molecule has 0 saturated heterocycles. The molecule has 0 spiro atoms. The van der Waals surface area contributed by atoms with Gasteiger partial charge >= 0.3 is 0 Å². The molecule has 0 N–H and O–H groups in total. The second kappa shape index (κ2) is 8.57. The van der Waals surface area contributed by atoms with Crippen LogP contribution in [0.25, 0.3) is 51.1 Å². The number of hydrogen-bond donors (Lipinski definition) is 0. The van der Waals surface area contributed by atoms with Crippen LogP contribution in [-0.4, -0.2) is 0 Å². The first-order valence-electron chi connectivity index (χ1n) is 12.5. The van der Waals surface area contributed by atoms with Crippen molar-refractivity contribution in [3.05, 3.63) is 126 Å². The van der Waals surface area contributed by atoms with E-state index in [0.717, 1.165) is 27.5 Å². The van der Waals surface area contributed by atoms with E-state index in [2.05, 4.69) is 114 Å². The summed E-state index contributed by atoms with van der Waals surface area (Å²) in [5, 5.41) is 8.20. The Morgan fingerprint density at radius 1 is 0.474 bits per heavy atom. The summed E-state index contributed by atoms with van der Waals surface area (Å²) in [4.78, 5) is 2.39. The van der Waals surface area contributed by atoms with Crippen LogP contribution in [0.1, 0.15) is 0 Å². The van der Waals surface area contributed by atoms with E-state index in [-0.39, 0.29) is 0 Å². The van der Waals surface area contributed by atoms with Crippen LogP contribution in [0.3, 0.4) is 0 Å². The lowest BCUT2D eigenvalue weighted by atomic mass is 10.1. The molecule has 0 unspecified atom stereocenters. The molecule has 2 aromatic heterocycles. The zero-order chi connectivity index (χ0) is 25.2. The Hall–Kier alpha value is -3.89. The highest BCUT2D eigenvalue weighted by Crippen LogP contribution is 2.45. The smallest absolute Gasteiger partial charge is 0.0540 e. The van der Waals surface area contributed by atoms with Gasteiger partial charge in [0.2, 0.25) is 0 Å². The number of rotatable bonds is 3. The van der Waals surface area contributed by atoms with Gasteiger partial charge in [-0.25, -0.2) is 0 Å². The van der Waals surface area contributed by atoms with Crippen LogP contribution >= 0.6 is 34.3 Å². The van der Waals surface area contributed by atoms with Crippen molar-refractivity contribution in [2.45, 2.75) is 0 Å². The molecule has 0 aliphatic rings. The molecular formula is C34H20ClNS2. The highest BCUT2D eigenvalue weighted by Gasteiger charge is 2.18. The van der Waals surface area contributed by atoms with Crippen molar-refractivity contribution in [2.24, 2.45) is 0 Å². The second-order valence-electron chi connectivity index (χ2n) is 9.51. The average Bonchev–Trinajstić information content (AvgIpc) is 3.52. The van der Waals surface area contributed by atoms with E-state index < -0.39 is 0 Å². The van der Waals surface area contributed by atoms with E-state index in [1.54, 1.807) is 11.3 Å². The molecule has 0 amide bonds. The maximum atomic E-state index is 6.72. The van der Waals surface area contributed by atoms with Gasteiger partial charge < -0.3 is 4.90 Å². The highest BCUT2D eigenvalue weighted by atomic mass is 35.5. The van der Waals surface area contributed by atoms with Gasteiger partial charge in [0.15, 0.2) is 0 Å². The molecule has 0 aliphatic heterocycles. The van der Waals surface area contributed by atoms with Crippen LogP contribution in [-0.2, 0) is 0 Å². The minimum Gasteiger partial charge on any atom is -0.310 e. The van der Waals surface area contributed by atoms with E-state index >= 15 is 0 Å². The summed E-state index contributed by atoms with van der Waals surface area (Å²) in [6.45, 7) is 0. The van der Waals surface area contributed by atoms with E-state index in [1.807, 2.05) is 23.5 Å². The van der Waals surface area contributed by atoms with E-state index in [1.165, 1.54) is 45.7 Å². The second-order valence-corrected chi connectivity index (χ2v) is 12.1. The maximum absolute atomic E-state index is 6.72. The Kier molecular flexibility index (Phi) is 4.99. The van der Waals surface area contributed by atoms with Crippen LogP contribution in [0.15, 0.2) is 121 Å². The molecule has 4 heteroatoms. The van der Waals surface area contributed by atoms with E-state index in [0.29, 0.717) is 0 Å². The quantitative estimate of drug-likeness (QED) is 0.215. The highest BCUT2D eigenvalue weighted by molar-refractivity contribution is 7.26. The van der Waals surface area contributed by atoms with Crippen molar-refractivity contribution in [1.29, 1.82) is 0 Å². The van der Waals surface area contributed by atoms with Gasteiger partial charge in [-0.1, -0.05) is 78.3 Å². The van der Waals surface area contributed by atoms with Gasteiger partial charge in [0, 0.05) is 62.1 Å². The van der Waals surface area contributed by atoms with Crippen LogP contribution < -0.4 is 4.90 Å². The number of thiophene rings is 2. The third kappa shape index (κ3) is 3.36. The lowest BCUT2D eigenvalue weighted by molar-refractivity contribution is 1.31. The zero-order valence-corrected chi connectivity index (χ0v) is 22.6. The monoisotopic (exact) mass is 541 g/mol. The standard InChI is InChI=1S/C34H20ClNS2/c35-28-11-6-14-32-34(28)27-19-22(16-18-31(27)37-32)36(29-12-5-8-21-7-1-2-9-24(21)29)23-15-17-26-25-10-3-4-13-30(25)38-33(26)20-23/h1-20H. The molecule has 0 aliphatic carbocycles. The van der Waals surface area contributed by atoms with Gasteiger partial charge in [0.25, 0.3) is 0 Å². The lowest BCUT2D eigenvalue weighted by Gasteiger charge is -2.27. The molecule has 0 radical (unpaired) electrons. The van der Waals surface area contributed by atoms with Gasteiger partial charge in [0.1, 0.15) is 0 Å². The summed E-state index contributed by atoms with van der Waals surface area (Å²) in [5.41, 5.74) is 3.42. The molecule has 8 rings (SSSR count). The Bertz CT molecular complexity index is 2170. The first kappa shape index (κ1) is 22.1. The Labute approximate surface area is 232 Å². The zero-order valence-electron chi connectivity index (χ0n) is 20.2. The van der Waals surface area contributed by atoms with Gasteiger partial charge in [-0.2, -0.15) is 0 Å². The first-order valence-corrected chi connectivity index (χ1v) is 14.6. The van der Waals surface area contributed by atoms with Crippen molar-refractivity contribution in [3.8, 4) is 0 Å². The molecule has 1 nitrogen and oxygen atoms in total. The van der Waals surface area contributed by atoms with Crippen LogP contribution in [0, 0.1) is 0 Å². The topological polar surface area (TPSA) is 3.24 Å². The molecule has 6 aromatic carbocycles. The minimum absolute atomic E-state index is 0.800. The van der Waals surface area contributed by atoms with Crippen molar-refractivity contribution in [1.82, 2.24) is 0 Å². The van der Waals surface area contributed by atoms with Crippen LogP contribution in [0.5, 0.6) is 0 Å². The van der Waals surface area contributed by atoms with Crippen LogP contribution in [0.2, 0.25) is 5.02 Å². The van der Waals surface area contributed by atoms with E-state index in [9.17, 15) is 0 Å². The minimum atomic E-state index is 0.800. The predicted octanol–water partition coefficient (Wildman–Crippen LogP) is 11.7. The largest absolute Gasteiger partial charge is 0.310 e. The number of fused-ring (bicyclic) bond motifs is 7.